The summed E-state index contributed by atoms with van der Waals surface area (Å²) < 4.78 is 17.0. The minimum Gasteiger partial charge on any atom is -0.459 e. The van der Waals surface area contributed by atoms with Gasteiger partial charge in [0.05, 0.1) is 30.3 Å². The molecule has 2 bridgehead atoms. The second-order valence-electron chi connectivity index (χ2n) is 14.1. The standard InChI is InChI=1S/C33H42ClNO12.2Ac/c1-14-19(47-29(42)23(38)15(2)35-28(41)17-7-9-18(34)10-8-17)12-33(44)27(46-16(3)36)25-31(6,20(37)11-21-32(25,43)13-45-21)26(40)24(39)22(14)30(33,4)5;;/h7-10,15,19-21,23-25,27,37-39,43-44H,11-13H2,1-6H3,(H,35,41);;/t15-,19?,20-,21+,23+,24+,25-,27-,31+,32-,33+;;/m0../s1. The molecule has 1 saturated heterocycles. The first-order valence-electron chi connectivity index (χ1n) is 15.5. The van der Waals surface area contributed by atoms with Gasteiger partial charge >= 0.3 is 11.9 Å². The summed E-state index contributed by atoms with van der Waals surface area (Å²) in [6.45, 7) is 8.16. The molecule has 264 valence electrons. The Morgan fingerprint density at radius 3 is 2.18 bits per heavy atom. The van der Waals surface area contributed by atoms with Crippen molar-refractivity contribution in [3.05, 3.63) is 46.0 Å². The number of benzene rings is 1. The van der Waals surface area contributed by atoms with Crippen LogP contribution in [0.2, 0.25) is 5.02 Å². The van der Waals surface area contributed by atoms with Gasteiger partial charge in [0.25, 0.3) is 5.91 Å². The number of hydrogen-bond donors (Lipinski definition) is 6. The van der Waals surface area contributed by atoms with Gasteiger partial charge in [0.1, 0.15) is 29.5 Å². The Kier molecular flexibility index (Phi) is 13.6. The first kappa shape index (κ1) is 43.4. The average molecular weight is 1130 g/mol. The number of hydrogen-bond acceptors (Lipinski definition) is 12. The van der Waals surface area contributed by atoms with Gasteiger partial charge in [-0.3, -0.25) is 14.4 Å². The summed E-state index contributed by atoms with van der Waals surface area (Å²) in [5.74, 6) is -4.93. The van der Waals surface area contributed by atoms with Gasteiger partial charge in [0.2, 0.25) is 0 Å². The van der Waals surface area contributed by atoms with E-state index in [0.29, 0.717) is 5.02 Å². The van der Waals surface area contributed by atoms with Crippen molar-refractivity contribution in [2.45, 2.75) is 108 Å². The zero-order chi connectivity index (χ0) is 35.0. The van der Waals surface area contributed by atoms with E-state index < -0.39 is 101 Å². The van der Waals surface area contributed by atoms with Gasteiger partial charge in [-0.1, -0.05) is 25.4 Å². The van der Waals surface area contributed by atoms with Crippen LogP contribution < -0.4 is 5.32 Å². The second-order valence-corrected chi connectivity index (χ2v) is 14.5. The van der Waals surface area contributed by atoms with Crippen LogP contribution in [0, 0.1) is 105 Å². The van der Waals surface area contributed by atoms with Crippen LogP contribution in [0.1, 0.15) is 64.7 Å². The predicted molar refractivity (Wildman–Crippen MR) is 164 cm³/mol. The average Bonchev–Trinajstić information content (AvgIpc) is 2.99. The molecule has 1 amide bonds. The van der Waals surface area contributed by atoms with Gasteiger partial charge < -0.3 is 45.1 Å². The zero-order valence-electron chi connectivity index (χ0n) is 28.2. The van der Waals surface area contributed by atoms with E-state index in [2.05, 4.69) is 5.32 Å². The Hall–Kier alpha value is -0.0269. The van der Waals surface area contributed by atoms with Crippen molar-refractivity contribution in [3.63, 3.8) is 0 Å². The number of ketones is 1. The first-order chi connectivity index (χ1) is 21.7. The van der Waals surface area contributed by atoms with Crippen molar-refractivity contribution in [1.29, 1.82) is 0 Å². The van der Waals surface area contributed by atoms with Gasteiger partial charge in [-0.05, 0) is 56.2 Å². The molecule has 11 atom stereocenters. The van der Waals surface area contributed by atoms with E-state index in [1.54, 1.807) is 13.8 Å². The van der Waals surface area contributed by atoms with Crippen LogP contribution in [-0.2, 0) is 28.6 Å². The van der Waals surface area contributed by atoms with Gasteiger partial charge in [-0.25, -0.2) is 4.79 Å². The minimum absolute atomic E-state index is 0. The second kappa shape index (κ2) is 15.4. The number of amides is 1. The third-order valence-electron chi connectivity index (χ3n) is 11.1. The van der Waals surface area contributed by atoms with E-state index in [4.69, 9.17) is 25.8 Å². The minimum atomic E-state index is -2.21. The molecule has 1 unspecified atom stereocenters. The van der Waals surface area contributed by atoms with Crippen LogP contribution in [0.15, 0.2) is 35.4 Å². The number of carbonyl (C=O) groups is 4. The molecule has 13 nitrogen and oxygen atoms in total. The molecule has 3 fully saturated rings. The van der Waals surface area contributed by atoms with Gasteiger partial charge in [-0.2, -0.15) is 0 Å². The SMILES string of the molecule is CC(=O)O[C@H]1[C@@H]2[C@]3(O)CO[C@@H]3C[C@H](O)[C@@]2(C)C(=O)[C@H](O)C2=C(C)C(OC(=O)[C@H](O)[C@H](C)NC(=O)c3ccc(Cl)cc3)C[C@]1(O)C2(C)C.[Ac].[Ac]. The molecule has 16 heteroatoms. The molecule has 4 aliphatic rings. The Morgan fingerprint density at radius 2 is 1.65 bits per heavy atom. The summed E-state index contributed by atoms with van der Waals surface area (Å²) in [6.07, 6.45) is -9.79. The Balaban J connectivity index is 0.00000325. The third-order valence-corrected chi connectivity index (χ3v) is 11.4. The van der Waals surface area contributed by atoms with Crippen LogP contribution in [-0.4, -0.2) is 110 Å². The number of Topliss-reactive ketones (excluding diaryl/α,β-unsaturated/α-hetero) is 1. The van der Waals surface area contributed by atoms with E-state index in [1.807, 2.05) is 0 Å². The van der Waals surface area contributed by atoms with Crippen molar-refractivity contribution < 1.29 is 147 Å². The first-order valence-corrected chi connectivity index (χ1v) is 15.9. The van der Waals surface area contributed by atoms with E-state index in [0.717, 1.165) is 6.92 Å². The fourth-order valence-corrected chi connectivity index (χ4v) is 8.31. The van der Waals surface area contributed by atoms with Crippen LogP contribution >= 0.6 is 11.6 Å². The smallest absolute Gasteiger partial charge is 0.337 e. The van der Waals surface area contributed by atoms with E-state index in [-0.39, 0.29) is 118 Å². The number of fused-ring (bicyclic) bond motifs is 5. The molecule has 2 saturated carbocycles. The van der Waals surface area contributed by atoms with Crippen molar-refractivity contribution in [2.24, 2.45) is 16.7 Å². The maximum Gasteiger partial charge on any atom is 0.337 e. The maximum atomic E-state index is 14.3. The maximum absolute atomic E-state index is 14.3. The largest absolute Gasteiger partial charge is 0.459 e. The van der Waals surface area contributed by atoms with Crippen LogP contribution in [0.5, 0.6) is 0 Å². The fourth-order valence-electron chi connectivity index (χ4n) is 8.18. The van der Waals surface area contributed by atoms with Crippen LogP contribution in [0.3, 0.4) is 0 Å². The molecule has 2 radical (unpaired) electrons. The Labute approximate surface area is 360 Å². The summed E-state index contributed by atoms with van der Waals surface area (Å²) in [4.78, 5) is 52.9. The van der Waals surface area contributed by atoms with Gasteiger partial charge in [0, 0.05) is 130 Å². The normalized spacial score (nSPS) is 37.2. The monoisotopic (exact) mass is 1130 g/mol. The predicted octanol–water partition coefficient (Wildman–Crippen LogP) is 0.601. The van der Waals surface area contributed by atoms with Crippen molar-refractivity contribution in [2.75, 3.05) is 6.61 Å². The van der Waals surface area contributed by atoms with Gasteiger partial charge in [-0.15, -0.1) is 0 Å². The number of aliphatic hydroxyl groups is 5. The third kappa shape index (κ3) is 7.04. The van der Waals surface area contributed by atoms with E-state index in [9.17, 15) is 44.7 Å². The molecule has 0 aromatic heterocycles. The molecular formula is C33H42Ac2ClNO12. The van der Waals surface area contributed by atoms with E-state index >= 15 is 0 Å². The number of aliphatic hydroxyl groups excluding tert-OH is 3. The topological polar surface area (TPSA) is 209 Å². The number of rotatable bonds is 6. The number of halogens is 1. The molecule has 0 spiro atoms. The Bertz CT molecular complexity index is 1520. The van der Waals surface area contributed by atoms with E-state index in [1.165, 1.54) is 45.0 Å². The van der Waals surface area contributed by atoms with Crippen molar-refractivity contribution >= 4 is 35.2 Å². The quantitative estimate of drug-likeness (QED) is 0.171. The molecule has 1 aromatic rings. The van der Waals surface area contributed by atoms with Crippen LogP contribution in [0.25, 0.3) is 0 Å². The Morgan fingerprint density at radius 1 is 1.06 bits per heavy atom. The summed E-state index contributed by atoms with van der Waals surface area (Å²) >= 11 is 5.88. The summed E-state index contributed by atoms with van der Waals surface area (Å²) in [6, 6.07) is 4.82. The summed E-state index contributed by atoms with van der Waals surface area (Å²) in [7, 11) is 0. The molecular weight excluding hydrogens is 1090 g/mol. The number of ether oxygens (including phenoxy) is 3. The molecule has 1 heterocycles. The van der Waals surface area contributed by atoms with Crippen molar-refractivity contribution in [1.82, 2.24) is 5.32 Å². The number of nitrogens with one attached hydrogen (secondary N) is 1. The molecule has 3 aliphatic carbocycles. The molecule has 1 aliphatic heterocycles. The molecule has 1 aromatic carbocycles. The number of esters is 2. The van der Waals surface area contributed by atoms with Gasteiger partial charge in [0.15, 0.2) is 11.9 Å². The number of carbonyl (C=O) groups excluding carboxylic acids is 4. The van der Waals surface area contributed by atoms with Crippen molar-refractivity contribution in [3.8, 4) is 0 Å². The summed E-state index contributed by atoms with van der Waals surface area (Å²) in [5, 5.41) is 61.5. The molecule has 5 rings (SSSR count). The zero-order valence-corrected chi connectivity index (χ0v) is 38.4. The molecule has 6 N–H and O–H groups in total. The molecule has 49 heavy (non-hydrogen) atoms. The van der Waals surface area contributed by atoms with Crippen LogP contribution in [0.4, 0.5) is 0 Å². The fraction of sp³-hybridized carbons (Fsp3) is 0.636. The summed E-state index contributed by atoms with van der Waals surface area (Å²) in [5.41, 5.74) is -7.04.